The summed E-state index contributed by atoms with van der Waals surface area (Å²) < 4.78 is 0. The third-order valence-electron chi connectivity index (χ3n) is 5.77. The summed E-state index contributed by atoms with van der Waals surface area (Å²) in [6, 6.07) is 4.19. The highest BCUT2D eigenvalue weighted by molar-refractivity contribution is 5.81. The van der Waals surface area contributed by atoms with E-state index in [1.807, 2.05) is 18.5 Å². The fourth-order valence-electron chi connectivity index (χ4n) is 4.25. The lowest BCUT2D eigenvalue weighted by Crippen LogP contribution is -2.53. The van der Waals surface area contributed by atoms with Gasteiger partial charge >= 0.3 is 0 Å². The molecular formula is C18H25N3O. The minimum absolute atomic E-state index is 0.330. The Kier molecular flexibility index (Phi) is 3.65. The fraction of sp³-hybridized carbons (Fsp3) is 0.667. The van der Waals surface area contributed by atoms with E-state index in [0.29, 0.717) is 17.4 Å². The maximum atomic E-state index is 12.2. The SMILES string of the molecule is O=C(C1CC1)N1CCC2(CCCN2Cc2cccnc2)CC1. The minimum Gasteiger partial charge on any atom is -0.342 e. The topological polar surface area (TPSA) is 36.4 Å². The van der Waals surface area contributed by atoms with E-state index < -0.39 is 0 Å². The fourth-order valence-corrected chi connectivity index (χ4v) is 4.25. The van der Waals surface area contributed by atoms with E-state index >= 15 is 0 Å². The molecule has 0 unspecified atom stereocenters. The molecule has 1 saturated carbocycles. The summed E-state index contributed by atoms with van der Waals surface area (Å²) in [5.74, 6) is 0.788. The van der Waals surface area contributed by atoms with Crippen LogP contribution in [0.3, 0.4) is 0 Å². The van der Waals surface area contributed by atoms with E-state index in [2.05, 4.69) is 20.9 Å². The van der Waals surface area contributed by atoms with Crippen LogP contribution in [0.4, 0.5) is 0 Å². The van der Waals surface area contributed by atoms with Crippen LogP contribution in [-0.4, -0.2) is 45.9 Å². The third kappa shape index (κ3) is 2.65. The summed E-state index contributed by atoms with van der Waals surface area (Å²) in [6.07, 6.45) is 10.9. The Morgan fingerprint density at radius 1 is 1.23 bits per heavy atom. The molecule has 4 nitrogen and oxygen atoms in total. The molecule has 1 aliphatic carbocycles. The minimum atomic E-state index is 0.330. The molecule has 118 valence electrons. The number of piperidine rings is 1. The molecule has 1 aromatic rings. The van der Waals surface area contributed by atoms with Gasteiger partial charge in [0.1, 0.15) is 0 Å². The molecule has 3 aliphatic rings. The number of nitrogens with zero attached hydrogens (tertiary/aromatic N) is 3. The van der Waals surface area contributed by atoms with Crippen LogP contribution in [0, 0.1) is 5.92 Å². The van der Waals surface area contributed by atoms with E-state index in [-0.39, 0.29) is 0 Å². The van der Waals surface area contributed by atoms with Crippen LogP contribution in [0.1, 0.15) is 44.1 Å². The molecule has 1 spiro atoms. The molecule has 1 aromatic heterocycles. The van der Waals surface area contributed by atoms with E-state index in [4.69, 9.17) is 0 Å². The van der Waals surface area contributed by atoms with Gasteiger partial charge in [-0.15, -0.1) is 0 Å². The highest BCUT2D eigenvalue weighted by atomic mass is 16.2. The molecule has 0 atom stereocenters. The summed E-state index contributed by atoms with van der Waals surface area (Å²) in [7, 11) is 0. The summed E-state index contributed by atoms with van der Waals surface area (Å²) in [6.45, 7) is 4.10. The Labute approximate surface area is 132 Å². The summed E-state index contributed by atoms with van der Waals surface area (Å²) in [4.78, 5) is 21.3. The van der Waals surface area contributed by atoms with Crippen LogP contribution < -0.4 is 0 Å². The maximum absolute atomic E-state index is 12.2. The van der Waals surface area contributed by atoms with Crippen molar-refractivity contribution in [3.8, 4) is 0 Å². The number of pyridine rings is 1. The van der Waals surface area contributed by atoms with Crippen molar-refractivity contribution in [1.82, 2.24) is 14.8 Å². The molecule has 3 fully saturated rings. The molecule has 1 amide bonds. The van der Waals surface area contributed by atoms with Crippen molar-refractivity contribution in [3.05, 3.63) is 30.1 Å². The largest absolute Gasteiger partial charge is 0.342 e. The van der Waals surface area contributed by atoms with Crippen molar-refractivity contribution in [2.24, 2.45) is 5.92 Å². The van der Waals surface area contributed by atoms with Crippen molar-refractivity contribution in [3.63, 3.8) is 0 Å². The monoisotopic (exact) mass is 299 g/mol. The predicted octanol–water partition coefficient (Wildman–Crippen LogP) is 2.45. The average molecular weight is 299 g/mol. The first-order valence-electron chi connectivity index (χ1n) is 8.70. The predicted molar refractivity (Wildman–Crippen MR) is 85.2 cm³/mol. The molecule has 2 aliphatic heterocycles. The highest BCUT2D eigenvalue weighted by Crippen LogP contribution is 2.40. The molecule has 3 heterocycles. The average Bonchev–Trinajstić information content (AvgIpc) is 3.34. The molecular weight excluding hydrogens is 274 g/mol. The number of likely N-dealkylation sites (tertiary alicyclic amines) is 2. The van der Waals surface area contributed by atoms with Crippen LogP contribution in [0.15, 0.2) is 24.5 Å². The van der Waals surface area contributed by atoms with Gasteiger partial charge in [-0.25, -0.2) is 0 Å². The molecule has 0 aromatic carbocycles. The Morgan fingerprint density at radius 2 is 2.05 bits per heavy atom. The summed E-state index contributed by atoms with van der Waals surface area (Å²) >= 11 is 0. The zero-order valence-electron chi connectivity index (χ0n) is 13.2. The van der Waals surface area contributed by atoms with Gasteiger partial charge in [0.25, 0.3) is 0 Å². The van der Waals surface area contributed by atoms with Crippen molar-refractivity contribution in [1.29, 1.82) is 0 Å². The Hall–Kier alpha value is -1.42. The van der Waals surface area contributed by atoms with Crippen molar-refractivity contribution in [2.45, 2.75) is 50.6 Å². The number of carbonyl (C=O) groups excluding carboxylic acids is 1. The van der Waals surface area contributed by atoms with E-state index in [0.717, 1.165) is 45.3 Å². The number of hydrogen-bond acceptors (Lipinski definition) is 3. The van der Waals surface area contributed by atoms with Gasteiger partial charge in [0, 0.05) is 43.5 Å². The van der Waals surface area contributed by atoms with Crippen molar-refractivity contribution < 1.29 is 4.79 Å². The second kappa shape index (κ2) is 5.65. The van der Waals surface area contributed by atoms with Gasteiger partial charge in [-0.3, -0.25) is 14.7 Å². The smallest absolute Gasteiger partial charge is 0.225 e. The quantitative estimate of drug-likeness (QED) is 0.860. The molecule has 0 radical (unpaired) electrons. The van der Waals surface area contributed by atoms with Crippen LogP contribution in [0.25, 0.3) is 0 Å². The van der Waals surface area contributed by atoms with E-state index in [1.54, 1.807) is 0 Å². The van der Waals surface area contributed by atoms with E-state index in [9.17, 15) is 4.79 Å². The number of carbonyl (C=O) groups is 1. The highest BCUT2D eigenvalue weighted by Gasteiger charge is 2.45. The van der Waals surface area contributed by atoms with Gasteiger partial charge in [-0.1, -0.05) is 6.07 Å². The maximum Gasteiger partial charge on any atom is 0.225 e. The Bertz CT molecular complexity index is 533. The van der Waals surface area contributed by atoms with Crippen molar-refractivity contribution >= 4 is 5.91 Å². The molecule has 0 N–H and O–H groups in total. The molecule has 0 bridgehead atoms. The number of rotatable bonds is 3. The zero-order chi connectivity index (χ0) is 15.0. The van der Waals surface area contributed by atoms with Gasteiger partial charge in [0.05, 0.1) is 0 Å². The van der Waals surface area contributed by atoms with E-state index in [1.165, 1.54) is 24.9 Å². The van der Waals surface area contributed by atoms with Crippen LogP contribution in [0.2, 0.25) is 0 Å². The molecule has 22 heavy (non-hydrogen) atoms. The lowest BCUT2D eigenvalue weighted by Gasteiger charge is -2.45. The molecule has 4 rings (SSSR count). The number of amides is 1. The first kappa shape index (κ1) is 14.2. The Morgan fingerprint density at radius 3 is 2.73 bits per heavy atom. The normalized spacial score (nSPS) is 24.8. The Balaban J connectivity index is 1.41. The first-order chi connectivity index (χ1) is 10.8. The number of hydrogen-bond donors (Lipinski definition) is 0. The summed E-state index contributed by atoms with van der Waals surface area (Å²) in [5, 5.41) is 0. The lowest BCUT2D eigenvalue weighted by atomic mass is 9.84. The second-order valence-corrected chi connectivity index (χ2v) is 7.21. The third-order valence-corrected chi connectivity index (χ3v) is 5.77. The van der Waals surface area contributed by atoms with Crippen LogP contribution in [-0.2, 0) is 11.3 Å². The second-order valence-electron chi connectivity index (χ2n) is 7.21. The summed E-state index contributed by atoms with van der Waals surface area (Å²) in [5.41, 5.74) is 1.64. The molecule has 4 heteroatoms. The van der Waals surface area contributed by atoms with Gasteiger partial charge in [0.2, 0.25) is 5.91 Å². The van der Waals surface area contributed by atoms with Gasteiger partial charge in [-0.05, 0) is 56.7 Å². The number of aromatic nitrogens is 1. The van der Waals surface area contributed by atoms with Gasteiger partial charge in [-0.2, -0.15) is 0 Å². The van der Waals surface area contributed by atoms with Gasteiger partial charge in [0.15, 0.2) is 0 Å². The zero-order valence-corrected chi connectivity index (χ0v) is 13.2. The standard InChI is InChI=1S/C18H25N3O/c22-17(16-4-5-16)20-11-7-18(8-12-20)6-2-10-21(18)14-15-3-1-9-19-13-15/h1,3,9,13,16H,2,4-8,10-12,14H2. The molecule has 2 saturated heterocycles. The van der Waals surface area contributed by atoms with Crippen molar-refractivity contribution in [2.75, 3.05) is 19.6 Å². The first-order valence-corrected chi connectivity index (χ1v) is 8.70. The van der Waals surface area contributed by atoms with Gasteiger partial charge < -0.3 is 4.90 Å². The lowest BCUT2D eigenvalue weighted by molar-refractivity contribution is -0.135. The van der Waals surface area contributed by atoms with Crippen LogP contribution in [0.5, 0.6) is 0 Å². The van der Waals surface area contributed by atoms with Crippen LogP contribution >= 0.6 is 0 Å².